The van der Waals surface area contributed by atoms with Gasteiger partial charge in [-0.3, -0.25) is 4.57 Å². The number of rotatable bonds is 5. The van der Waals surface area contributed by atoms with Crippen molar-refractivity contribution in [3.05, 3.63) is 41.5 Å². The highest BCUT2D eigenvalue weighted by molar-refractivity contribution is 6.16. The molecule has 0 N–H and O–H groups in total. The van der Waals surface area contributed by atoms with E-state index < -0.39 is 0 Å². The summed E-state index contributed by atoms with van der Waals surface area (Å²) in [4.78, 5) is 0. The van der Waals surface area contributed by atoms with Crippen LogP contribution in [-0.2, 0) is 23.6 Å². The molecule has 0 unspecified atom stereocenters. The van der Waals surface area contributed by atoms with Gasteiger partial charge in [0.05, 0.1) is 5.88 Å². The average Bonchev–Trinajstić information content (AvgIpc) is 2.82. The van der Waals surface area contributed by atoms with E-state index in [-0.39, 0.29) is 0 Å². The second-order valence-corrected chi connectivity index (χ2v) is 4.22. The largest absolute Gasteiger partial charge is 0.377 e. The molecule has 0 saturated heterocycles. The maximum absolute atomic E-state index is 5.89. The minimum Gasteiger partial charge on any atom is -0.377 e. The van der Waals surface area contributed by atoms with Gasteiger partial charge in [-0.25, -0.2) is 0 Å². The van der Waals surface area contributed by atoms with Gasteiger partial charge < -0.3 is 4.74 Å². The summed E-state index contributed by atoms with van der Waals surface area (Å²) < 4.78 is 7.07. The minimum atomic E-state index is 0.326. The molecule has 2 aromatic rings. The van der Waals surface area contributed by atoms with E-state index in [9.17, 15) is 0 Å². The van der Waals surface area contributed by atoms with E-state index in [0.717, 1.165) is 23.8 Å². The van der Waals surface area contributed by atoms with Gasteiger partial charge in [0.2, 0.25) is 0 Å². The summed E-state index contributed by atoms with van der Waals surface area (Å²) in [6.07, 6.45) is 1.02. The number of nitrogens with zero attached hydrogens (tertiary/aromatic N) is 3. The zero-order chi connectivity index (χ0) is 13.0. The molecule has 1 aromatic heterocycles. The molecule has 18 heavy (non-hydrogen) atoms. The molecule has 0 aliphatic carbocycles. The topological polar surface area (TPSA) is 39.9 Å². The van der Waals surface area contributed by atoms with Gasteiger partial charge in [-0.1, -0.05) is 19.1 Å². The maximum Gasteiger partial charge on any atom is 0.163 e. The fourth-order valence-corrected chi connectivity index (χ4v) is 2.01. The van der Waals surface area contributed by atoms with Crippen LogP contribution in [0, 0.1) is 0 Å². The number of alkyl halides is 1. The summed E-state index contributed by atoms with van der Waals surface area (Å²) in [5, 5.41) is 8.17. The van der Waals surface area contributed by atoms with Gasteiger partial charge in [0.25, 0.3) is 0 Å². The number of halogens is 1. The Kier molecular flexibility index (Phi) is 4.33. The van der Waals surface area contributed by atoms with Crippen LogP contribution in [0.3, 0.4) is 0 Å². The molecule has 0 aliphatic rings. The third-order valence-corrected chi connectivity index (χ3v) is 3.03. The monoisotopic (exact) mass is 265 g/mol. The number of methoxy groups -OCH3 is 1. The molecule has 0 atom stereocenters. The van der Waals surface area contributed by atoms with Crippen molar-refractivity contribution >= 4 is 11.6 Å². The van der Waals surface area contributed by atoms with Crippen LogP contribution in [0.25, 0.3) is 5.69 Å². The number of aromatic nitrogens is 3. The molecule has 1 heterocycles. The fourth-order valence-electron chi connectivity index (χ4n) is 1.84. The smallest absolute Gasteiger partial charge is 0.163 e. The zero-order valence-electron chi connectivity index (χ0n) is 10.6. The Morgan fingerprint density at radius 3 is 2.39 bits per heavy atom. The molecule has 2 rings (SSSR count). The maximum atomic E-state index is 5.89. The van der Waals surface area contributed by atoms with E-state index in [1.54, 1.807) is 7.11 Å². The van der Waals surface area contributed by atoms with E-state index in [1.165, 1.54) is 5.56 Å². The Morgan fingerprint density at radius 1 is 1.17 bits per heavy atom. The van der Waals surface area contributed by atoms with Crippen molar-refractivity contribution in [2.75, 3.05) is 7.11 Å². The highest BCUT2D eigenvalue weighted by Gasteiger charge is 2.12. The molecule has 96 valence electrons. The van der Waals surface area contributed by atoms with Gasteiger partial charge in [0.1, 0.15) is 6.61 Å². The Labute approximate surface area is 112 Å². The van der Waals surface area contributed by atoms with Gasteiger partial charge in [0, 0.05) is 12.8 Å². The molecule has 0 amide bonds. The lowest BCUT2D eigenvalue weighted by Crippen LogP contribution is -2.05. The molecule has 5 heteroatoms. The van der Waals surface area contributed by atoms with Crippen LogP contribution in [0.2, 0.25) is 0 Å². The third kappa shape index (κ3) is 2.54. The molecule has 0 bridgehead atoms. The predicted molar refractivity (Wildman–Crippen MR) is 71.0 cm³/mol. The van der Waals surface area contributed by atoms with Crippen LogP contribution < -0.4 is 0 Å². The van der Waals surface area contributed by atoms with Crippen LogP contribution in [0.1, 0.15) is 24.1 Å². The normalized spacial score (nSPS) is 10.8. The quantitative estimate of drug-likeness (QED) is 0.781. The summed E-state index contributed by atoms with van der Waals surface area (Å²) in [5.41, 5.74) is 2.31. The Morgan fingerprint density at radius 2 is 1.83 bits per heavy atom. The fraction of sp³-hybridized carbons (Fsp3) is 0.385. The van der Waals surface area contributed by atoms with Crippen molar-refractivity contribution in [1.29, 1.82) is 0 Å². The first kappa shape index (κ1) is 13.1. The number of ether oxygens (including phenoxy) is 1. The van der Waals surface area contributed by atoms with Crippen molar-refractivity contribution in [1.82, 2.24) is 14.8 Å². The van der Waals surface area contributed by atoms with Crippen molar-refractivity contribution in [2.24, 2.45) is 0 Å². The van der Waals surface area contributed by atoms with Crippen molar-refractivity contribution in [3.8, 4) is 5.69 Å². The first-order valence-electron chi connectivity index (χ1n) is 5.87. The molecule has 4 nitrogen and oxygen atoms in total. The Hall–Kier alpha value is -1.39. The summed E-state index contributed by atoms with van der Waals surface area (Å²) in [6, 6.07) is 8.31. The standard InChI is InChI=1S/C13H16ClN3O/c1-3-10-4-6-11(7-5-10)17-12(8-14)15-16-13(17)9-18-2/h4-7H,3,8-9H2,1-2H3. The van der Waals surface area contributed by atoms with Gasteiger partial charge >= 0.3 is 0 Å². The van der Waals surface area contributed by atoms with Crippen molar-refractivity contribution in [3.63, 3.8) is 0 Å². The van der Waals surface area contributed by atoms with E-state index in [0.29, 0.717) is 12.5 Å². The molecular weight excluding hydrogens is 250 g/mol. The second kappa shape index (κ2) is 5.98. The molecule has 0 radical (unpaired) electrons. The van der Waals surface area contributed by atoms with E-state index in [1.807, 2.05) is 4.57 Å². The SMILES string of the molecule is CCc1ccc(-n2c(CCl)nnc2COC)cc1. The molecule has 0 fully saturated rings. The van der Waals surface area contributed by atoms with E-state index >= 15 is 0 Å². The van der Waals surface area contributed by atoms with Crippen LogP contribution in [-0.4, -0.2) is 21.9 Å². The predicted octanol–water partition coefficient (Wildman–Crippen LogP) is 2.71. The van der Waals surface area contributed by atoms with Gasteiger partial charge in [-0.15, -0.1) is 21.8 Å². The molecular formula is C13H16ClN3O. The first-order valence-corrected chi connectivity index (χ1v) is 6.41. The van der Waals surface area contributed by atoms with Gasteiger partial charge in [-0.2, -0.15) is 0 Å². The van der Waals surface area contributed by atoms with Gasteiger partial charge in [-0.05, 0) is 24.1 Å². The summed E-state index contributed by atoms with van der Waals surface area (Å²) >= 11 is 5.89. The minimum absolute atomic E-state index is 0.326. The first-order chi connectivity index (χ1) is 8.80. The van der Waals surface area contributed by atoms with Crippen LogP contribution in [0.5, 0.6) is 0 Å². The molecule has 0 spiro atoms. The lowest BCUT2D eigenvalue weighted by atomic mass is 10.1. The highest BCUT2D eigenvalue weighted by Crippen LogP contribution is 2.16. The Bertz CT molecular complexity index is 507. The third-order valence-electron chi connectivity index (χ3n) is 2.79. The van der Waals surface area contributed by atoms with Gasteiger partial charge in [0.15, 0.2) is 11.6 Å². The number of hydrogen-bond donors (Lipinski definition) is 0. The second-order valence-electron chi connectivity index (χ2n) is 3.95. The average molecular weight is 266 g/mol. The van der Waals surface area contributed by atoms with E-state index in [2.05, 4.69) is 41.4 Å². The highest BCUT2D eigenvalue weighted by atomic mass is 35.5. The molecule has 0 saturated carbocycles. The van der Waals surface area contributed by atoms with E-state index in [4.69, 9.17) is 16.3 Å². The van der Waals surface area contributed by atoms with Crippen molar-refractivity contribution < 1.29 is 4.74 Å². The van der Waals surface area contributed by atoms with Crippen molar-refractivity contribution in [2.45, 2.75) is 25.8 Å². The number of aryl methyl sites for hydroxylation is 1. The summed E-state index contributed by atoms with van der Waals surface area (Å²) in [6.45, 7) is 2.55. The lowest BCUT2D eigenvalue weighted by Gasteiger charge is -2.09. The van der Waals surface area contributed by atoms with Crippen LogP contribution in [0.4, 0.5) is 0 Å². The summed E-state index contributed by atoms with van der Waals surface area (Å²) in [7, 11) is 1.64. The zero-order valence-corrected chi connectivity index (χ0v) is 11.3. The number of hydrogen-bond acceptors (Lipinski definition) is 3. The molecule has 0 aliphatic heterocycles. The van der Waals surface area contributed by atoms with Crippen LogP contribution in [0.15, 0.2) is 24.3 Å². The summed E-state index contributed by atoms with van der Waals surface area (Å²) in [5.74, 6) is 1.82. The number of benzene rings is 1. The lowest BCUT2D eigenvalue weighted by molar-refractivity contribution is 0.176. The van der Waals surface area contributed by atoms with Crippen LogP contribution >= 0.6 is 11.6 Å². The Balaban J connectivity index is 2.43. The molecule has 1 aromatic carbocycles.